The number of hydrogen-bond acceptors (Lipinski definition) is 8. The molecule has 0 saturated carbocycles. The first-order valence-electron chi connectivity index (χ1n) is 12.8. The molecule has 0 saturated heterocycles. The lowest BCUT2D eigenvalue weighted by molar-refractivity contribution is -0.0680. The molecule has 1 N–H and O–H groups in total. The molecule has 0 amide bonds. The summed E-state index contributed by atoms with van der Waals surface area (Å²) in [5.41, 5.74) is 3.16. The van der Waals surface area contributed by atoms with Crippen molar-refractivity contribution in [2.45, 2.75) is 26.4 Å². The Bertz CT molecular complexity index is 1170. The Morgan fingerprint density at radius 3 is 0.900 bits per heavy atom. The van der Waals surface area contributed by atoms with Crippen molar-refractivity contribution >= 4 is 15.2 Å². The summed E-state index contributed by atoms with van der Waals surface area (Å²) in [5, 5.41) is 11.5. The Kier molecular flexibility index (Phi) is 11.4. The fourth-order valence-electron chi connectivity index (χ4n) is 3.67. The van der Waals surface area contributed by atoms with Gasteiger partial charge in [-0.25, -0.2) is 0 Å². The van der Waals surface area contributed by atoms with Gasteiger partial charge in [-0.15, -0.1) is 0 Å². The molecule has 4 aromatic rings. The van der Waals surface area contributed by atoms with Gasteiger partial charge in [0, 0.05) is 0 Å². The van der Waals surface area contributed by atoms with Gasteiger partial charge in [-0.05, 0) is 22.3 Å². The standard InChI is InChI=1S/C30H33NO7P2/c32-31(25-39(33,35-21-27-13-5-1-6-14-27)36-22-28-15-7-2-8-16-28)26-40(34,37-23-29-17-9-3-10-18-29)38-24-30-19-11-4-12-20-30/h1-20,32H,21-26H2. The molecule has 0 heterocycles. The Labute approximate surface area is 235 Å². The highest BCUT2D eigenvalue weighted by Gasteiger charge is 2.34. The lowest BCUT2D eigenvalue weighted by Crippen LogP contribution is -2.24. The fourth-order valence-corrected chi connectivity index (χ4v) is 6.69. The third kappa shape index (κ3) is 10.3. The maximum Gasteiger partial charge on any atom is 0.347 e. The van der Waals surface area contributed by atoms with E-state index in [0.717, 1.165) is 22.3 Å². The zero-order valence-electron chi connectivity index (χ0n) is 22.0. The molecule has 10 heteroatoms. The van der Waals surface area contributed by atoms with E-state index in [-0.39, 0.29) is 26.4 Å². The van der Waals surface area contributed by atoms with E-state index in [1.54, 1.807) is 0 Å². The first kappa shape index (κ1) is 30.1. The van der Waals surface area contributed by atoms with Gasteiger partial charge >= 0.3 is 15.2 Å². The topological polar surface area (TPSA) is 94.5 Å². The van der Waals surface area contributed by atoms with Crippen LogP contribution >= 0.6 is 15.2 Å². The fraction of sp³-hybridized carbons (Fsp3) is 0.200. The quantitative estimate of drug-likeness (QED) is 0.106. The van der Waals surface area contributed by atoms with Gasteiger partial charge in [-0.3, -0.25) is 9.13 Å². The van der Waals surface area contributed by atoms with Crippen molar-refractivity contribution in [2.75, 3.05) is 12.6 Å². The van der Waals surface area contributed by atoms with Crippen molar-refractivity contribution in [3.63, 3.8) is 0 Å². The van der Waals surface area contributed by atoms with E-state index in [1.165, 1.54) is 0 Å². The molecule has 210 valence electrons. The van der Waals surface area contributed by atoms with E-state index < -0.39 is 27.8 Å². The maximum atomic E-state index is 13.8. The first-order valence-corrected chi connectivity index (χ1v) is 16.2. The van der Waals surface area contributed by atoms with Crippen molar-refractivity contribution in [1.29, 1.82) is 0 Å². The van der Waals surface area contributed by atoms with E-state index >= 15 is 0 Å². The minimum Gasteiger partial charge on any atom is -0.313 e. The Morgan fingerprint density at radius 1 is 0.450 bits per heavy atom. The molecule has 0 bridgehead atoms. The number of rotatable bonds is 16. The molecule has 0 radical (unpaired) electrons. The summed E-state index contributed by atoms with van der Waals surface area (Å²) < 4.78 is 50.6. The molecule has 0 aromatic heterocycles. The molecule has 0 spiro atoms. The summed E-state index contributed by atoms with van der Waals surface area (Å²) in [7, 11) is -7.81. The molecule has 0 aliphatic carbocycles. The molecule has 4 rings (SSSR count). The van der Waals surface area contributed by atoms with Gasteiger partial charge in [0.05, 0.1) is 26.4 Å². The van der Waals surface area contributed by atoms with Crippen molar-refractivity contribution < 1.29 is 32.4 Å². The van der Waals surface area contributed by atoms with Crippen molar-refractivity contribution in [2.24, 2.45) is 0 Å². The predicted molar refractivity (Wildman–Crippen MR) is 153 cm³/mol. The van der Waals surface area contributed by atoms with Crippen LogP contribution in [-0.4, -0.2) is 22.8 Å². The van der Waals surface area contributed by atoms with E-state index in [4.69, 9.17) is 18.1 Å². The second-order valence-corrected chi connectivity index (χ2v) is 13.1. The van der Waals surface area contributed by atoms with E-state index in [9.17, 15) is 14.3 Å². The van der Waals surface area contributed by atoms with Crippen LogP contribution in [0.1, 0.15) is 22.3 Å². The number of nitrogens with zero attached hydrogens (tertiary/aromatic N) is 1. The third-order valence-electron chi connectivity index (χ3n) is 5.76. The normalized spacial score (nSPS) is 12.1. The predicted octanol–water partition coefficient (Wildman–Crippen LogP) is 7.85. The van der Waals surface area contributed by atoms with Crippen LogP contribution in [0.3, 0.4) is 0 Å². The lowest BCUT2D eigenvalue weighted by Gasteiger charge is -2.26. The van der Waals surface area contributed by atoms with Crippen LogP contribution < -0.4 is 0 Å². The summed E-state index contributed by atoms with van der Waals surface area (Å²) in [4.78, 5) is 0. The zero-order valence-corrected chi connectivity index (χ0v) is 23.8. The van der Waals surface area contributed by atoms with Gasteiger partial charge in [-0.2, -0.15) is 5.06 Å². The van der Waals surface area contributed by atoms with Crippen molar-refractivity contribution in [3.8, 4) is 0 Å². The van der Waals surface area contributed by atoms with Crippen LogP contribution in [0, 0.1) is 0 Å². The molecular formula is C30H33NO7P2. The van der Waals surface area contributed by atoms with Crippen LogP contribution in [0.2, 0.25) is 0 Å². The Hall–Kier alpha value is -2.90. The van der Waals surface area contributed by atoms with Crippen molar-refractivity contribution in [3.05, 3.63) is 144 Å². The molecule has 0 atom stereocenters. The van der Waals surface area contributed by atoms with E-state index in [1.807, 2.05) is 121 Å². The molecule has 40 heavy (non-hydrogen) atoms. The van der Waals surface area contributed by atoms with E-state index in [2.05, 4.69) is 0 Å². The smallest absolute Gasteiger partial charge is 0.313 e. The van der Waals surface area contributed by atoms with Crippen LogP contribution in [0.15, 0.2) is 121 Å². The molecular weight excluding hydrogens is 548 g/mol. The Balaban J connectivity index is 1.46. The molecule has 0 aliphatic heterocycles. The highest BCUT2D eigenvalue weighted by atomic mass is 31.2. The molecule has 8 nitrogen and oxygen atoms in total. The highest BCUT2D eigenvalue weighted by molar-refractivity contribution is 7.54. The average Bonchev–Trinajstić information content (AvgIpc) is 2.99. The van der Waals surface area contributed by atoms with Crippen LogP contribution in [0.5, 0.6) is 0 Å². The average molecular weight is 582 g/mol. The third-order valence-corrected chi connectivity index (χ3v) is 9.19. The number of benzene rings is 4. The van der Waals surface area contributed by atoms with E-state index in [0.29, 0.717) is 5.06 Å². The SMILES string of the molecule is O=P(CN(O)CP(=O)(OCc1ccccc1)OCc1ccccc1)(OCc1ccccc1)OCc1ccccc1. The van der Waals surface area contributed by atoms with Crippen molar-refractivity contribution in [1.82, 2.24) is 5.06 Å². The summed E-state index contributed by atoms with van der Waals surface area (Å²) in [5.74, 6) is 0. The molecule has 0 fully saturated rings. The van der Waals surface area contributed by atoms with Gasteiger partial charge in [0.1, 0.15) is 12.6 Å². The zero-order chi connectivity index (χ0) is 28.1. The summed E-state index contributed by atoms with van der Waals surface area (Å²) in [6.07, 6.45) is -1.08. The lowest BCUT2D eigenvalue weighted by atomic mass is 10.2. The maximum absolute atomic E-state index is 13.8. The number of hydrogen-bond donors (Lipinski definition) is 1. The second kappa shape index (κ2) is 15.2. The summed E-state index contributed by atoms with van der Waals surface area (Å²) >= 11 is 0. The van der Waals surface area contributed by atoms with Crippen LogP contribution in [0.25, 0.3) is 0 Å². The summed E-state index contributed by atoms with van der Waals surface area (Å²) in [6, 6.07) is 36.9. The highest BCUT2D eigenvalue weighted by Crippen LogP contribution is 2.54. The van der Waals surface area contributed by atoms with Crippen LogP contribution in [0.4, 0.5) is 0 Å². The van der Waals surface area contributed by atoms with Crippen LogP contribution in [-0.2, 0) is 53.7 Å². The first-order chi connectivity index (χ1) is 19.4. The van der Waals surface area contributed by atoms with Gasteiger partial charge in [0.25, 0.3) is 0 Å². The largest absolute Gasteiger partial charge is 0.347 e. The second-order valence-electron chi connectivity index (χ2n) is 9.05. The molecule has 0 aliphatic rings. The summed E-state index contributed by atoms with van der Waals surface area (Å²) in [6.45, 7) is 0.0295. The van der Waals surface area contributed by atoms with Gasteiger partial charge in [-0.1, -0.05) is 121 Å². The van der Waals surface area contributed by atoms with Gasteiger partial charge in [0.2, 0.25) is 0 Å². The minimum atomic E-state index is -3.90. The Morgan fingerprint density at radius 2 is 0.675 bits per heavy atom. The molecule has 0 unspecified atom stereocenters. The van der Waals surface area contributed by atoms with Gasteiger partial charge in [0.15, 0.2) is 0 Å². The minimum absolute atomic E-state index is 0.00736. The van der Waals surface area contributed by atoms with Gasteiger partial charge < -0.3 is 23.3 Å². The molecule has 4 aromatic carbocycles. The number of hydroxylamine groups is 2. The monoisotopic (exact) mass is 581 g/mol.